The SMILES string of the molecule is CC1CN(C2CCN(S(=O)(=O)c3cnoc3)CC2)CCN1c1ncc(C(F)(F)F)cc1Cl. The predicted octanol–water partition coefficient (Wildman–Crippen LogP) is 3.11. The van der Waals surface area contributed by atoms with Gasteiger partial charge in [0.15, 0.2) is 0 Å². The van der Waals surface area contributed by atoms with Crippen LogP contribution in [0.1, 0.15) is 25.3 Å². The standard InChI is InChI=1S/C19H23ClF3N5O3S/c1-13-11-26(6-7-28(13)18-17(20)8-14(9-24-18)19(21,22)23)15-2-4-27(5-3-15)32(29,30)16-10-25-31-12-16/h8-10,12-13,15H,2-7,11H2,1H3. The van der Waals surface area contributed by atoms with Crippen molar-refractivity contribution in [2.24, 2.45) is 0 Å². The highest BCUT2D eigenvalue weighted by Gasteiger charge is 2.36. The van der Waals surface area contributed by atoms with Gasteiger partial charge in [0.1, 0.15) is 17.0 Å². The van der Waals surface area contributed by atoms with Gasteiger partial charge in [0, 0.05) is 51.0 Å². The molecule has 2 aliphatic heterocycles. The van der Waals surface area contributed by atoms with E-state index in [0.717, 1.165) is 18.5 Å². The molecule has 2 fully saturated rings. The molecular weight excluding hydrogens is 471 g/mol. The first-order valence-electron chi connectivity index (χ1n) is 10.2. The highest BCUT2D eigenvalue weighted by Crippen LogP contribution is 2.35. The Morgan fingerprint density at radius 2 is 1.88 bits per heavy atom. The van der Waals surface area contributed by atoms with E-state index in [1.54, 1.807) is 0 Å². The molecular formula is C19H23ClF3N5O3S. The third kappa shape index (κ3) is 4.59. The molecule has 1 unspecified atom stereocenters. The van der Waals surface area contributed by atoms with Crippen molar-refractivity contribution in [1.82, 2.24) is 19.3 Å². The van der Waals surface area contributed by atoms with Crippen LogP contribution < -0.4 is 4.90 Å². The van der Waals surface area contributed by atoms with E-state index >= 15 is 0 Å². The van der Waals surface area contributed by atoms with Crippen LogP contribution in [0.2, 0.25) is 5.02 Å². The number of pyridine rings is 1. The van der Waals surface area contributed by atoms with Gasteiger partial charge in [-0.2, -0.15) is 17.5 Å². The molecule has 4 rings (SSSR count). The molecule has 0 spiro atoms. The van der Waals surface area contributed by atoms with E-state index in [0.29, 0.717) is 51.4 Å². The second-order valence-corrected chi connectivity index (χ2v) is 10.4. The minimum Gasteiger partial charge on any atom is -0.363 e. The van der Waals surface area contributed by atoms with Gasteiger partial charge in [-0.15, -0.1) is 0 Å². The second kappa shape index (κ2) is 8.81. The molecule has 1 atom stereocenters. The Labute approximate surface area is 189 Å². The van der Waals surface area contributed by atoms with Gasteiger partial charge in [-0.25, -0.2) is 13.4 Å². The Bertz CT molecular complexity index is 1040. The smallest absolute Gasteiger partial charge is 0.363 e. The van der Waals surface area contributed by atoms with Crippen LogP contribution in [0.15, 0.2) is 34.1 Å². The van der Waals surface area contributed by atoms with Crippen molar-refractivity contribution in [3.63, 3.8) is 0 Å². The van der Waals surface area contributed by atoms with Crippen LogP contribution in [0, 0.1) is 0 Å². The van der Waals surface area contributed by atoms with Crippen molar-refractivity contribution in [2.45, 2.75) is 42.9 Å². The van der Waals surface area contributed by atoms with E-state index < -0.39 is 21.8 Å². The monoisotopic (exact) mass is 493 g/mol. The Morgan fingerprint density at radius 3 is 2.44 bits per heavy atom. The summed E-state index contributed by atoms with van der Waals surface area (Å²) in [6.45, 7) is 4.72. The lowest BCUT2D eigenvalue weighted by Crippen LogP contribution is -2.57. The second-order valence-electron chi connectivity index (χ2n) is 8.06. The molecule has 13 heteroatoms. The van der Waals surface area contributed by atoms with Gasteiger partial charge in [-0.3, -0.25) is 4.90 Å². The van der Waals surface area contributed by atoms with E-state index in [2.05, 4.69) is 19.6 Å². The van der Waals surface area contributed by atoms with Crippen LogP contribution >= 0.6 is 11.6 Å². The van der Waals surface area contributed by atoms with Gasteiger partial charge in [-0.1, -0.05) is 16.8 Å². The number of alkyl halides is 3. The van der Waals surface area contributed by atoms with Gasteiger partial charge < -0.3 is 9.42 Å². The molecule has 2 saturated heterocycles. The first kappa shape index (κ1) is 23.3. The van der Waals surface area contributed by atoms with Crippen LogP contribution in [-0.4, -0.2) is 72.6 Å². The van der Waals surface area contributed by atoms with Crippen LogP contribution in [0.3, 0.4) is 0 Å². The molecule has 0 aliphatic carbocycles. The summed E-state index contributed by atoms with van der Waals surface area (Å²) in [5.74, 6) is 0.349. The van der Waals surface area contributed by atoms with E-state index in [1.807, 2.05) is 11.8 Å². The average Bonchev–Trinajstić information content (AvgIpc) is 3.29. The maximum atomic E-state index is 12.9. The summed E-state index contributed by atoms with van der Waals surface area (Å²) in [4.78, 5) is 8.27. The lowest BCUT2D eigenvalue weighted by Gasteiger charge is -2.46. The maximum absolute atomic E-state index is 12.9. The number of hydrogen-bond donors (Lipinski definition) is 0. The zero-order valence-electron chi connectivity index (χ0n) is 17.3. The van der Waals surface area contributed by atoms with Crippen LogP contribution in [0.5, 0.6) is 0 Å². The molecule has 8 nitrogen and oxygen atoms in total. The molecule has 0 N–H and O–H groups in total. The van der Waals surface area contributed by atoms with Gasteiger partial charge >= 0.3 is 6.18 Å². The van der Waals surface area contributed by atoms with Crippen LogP contribution in [0.4, 0.5) is 19.0 Å². The number of aromatic nitrogens is 2. The van der Waals surface area contributed by atoms with Crippen molar-refractivity contribution < 1.29 is 26.1 Å². The lowest BCUT2D eigenvalue weighted by molar-refractivity contribution is -0.137. The minimum atomic E-state index is -4.49. The summed E-state index contributed by atoms with van der Waals surface area (Å²) < 4.78 is 70.0. The van der Waals surface area contributed by atoms with E-state index in [9.17, 15) is 21.6 Å². The van der Waals surface area contributed by atoms with Gasteiger partial charge in [-0.05, 0) is 25.8 Å². The molecule has 176 valence electrons. The molecule has 0 aromatic carbocycles. The minimum absolute atomic E-state index is 0.00995. The topological polar surface area (TPSA) is 82.8 Å². The molecule has 0 saturated carbocycles. The molecule has 0 radical (unpaired) electrons. The van der Waals surface area contributed by atoms with Crippen molar-refractivity contribution in [3.8, 4) is 0 Å². The van der Waals surface area contributed by atoms with Crippen molar-refractivity contribution >= 4 is 27.4 Å². The average molecular weight is 494 g/mol. The summed E-state index contributed by atoms with van der Waals surface area (Å²) in [6.07, 6.45) is 0.0282. The predicted molar refractivity (Wildman–Crippen MR) is 111 cm³/mol. The zero-order chi connectivity index (χ0) is 23.1. The third-order valence-corrected chi connectivity index (χ3v) is 8.19. The number of hydrogen-bond acceptors (Lipinski definition) is 7. The van der Waals surface area contributed by atoms with E-state index in [-0.39, 0.29) is 22.0 Å². The van der Waals surface area contributed by atoms with Crippen molar-refractivity contribution in [2.75, 3.05) is 37.6 Å². The van der Waals surface area contributed by atoms with Gasteiger partial charge in [0.2, 0.25) is 10.0 Å². The number of piperidine rings is 1. The van der Waals surface area contributed by atoms with Gasteiger partial charge in [0.25, 0.3) is 0 Å². The number of rotatable bonds is 4. The normalized spacial score (nSPS) is 22.4. The number of piperazine rings is 1. The molecule has 0 bridgehead atoms. The summed E-state index contributed by atoms with van der Waals surface area (Å²) in [5.41, 5.74) is -0.870. The highest BCUT2D eigenvalue weighted by atomic mass is 35.5. The summed E-state index contributed by atoms with van der Waals surface area (Å²) >= 11 is 6.13. The van der Waals surface area contributed by atoms with Crippen LogP contribution in [0.25, 0.3) is 0 Å². The fourth-order valence-corrected chi connectivity index (χ4v) is 5.95. The Hall–Kier alpha value is -1.89. The highest BCUT2D eigenvalue weighted by molar-refractivity contribution is 7.89. The van der Waals surface area contributed by atoms with Crippen molar-refractivity contribution in [3.05, 3.63) is 35.3 Å². The number of sulfonamides is 1. The Morgan fingerprint density at radius 1 is 1.16 bits per heavy atom. The fraction of sp³-hybridized carbons (Fsp3) is 0.579. The molecule has 0 amide bonds. The zero-order valence-corrected chi connectivity index (χ0v) is 18.9. The number of nitrogens with zero attached hydrogens (tertiary/aromatic N) is 5. The first-order chi connectivity index (χ1) is 15.1. The fourth-order valence-electron chi connectivity index (χ4n) is 4.35. The molecule has 32 heavy (non-hydrogen) atoms. The van der Waals surface area contributed by atoms with E-state index in [4.69, 9.17) is 11.6 Å². The molecule has 2 aromatic rings. The summed E-state index contributed by atoms with van der Waals surface area (Å²) in [6, 6.07) is 1.13. The Balaban J connectivity index is 1.36. The number of anilines is 1. The third-order valence-electron chi connectivity index (χ3n) is 6.07. The molecule has 2 aromatic heterocycles. The number of halogens is 4. The summed E-state index contributed by atoms with van der Waals surface area (Å²) in [7, 11) is -3.60. The Kier molecular flexibility index (Phi) is 6.40. The largest absolute Gasteiger partial charge is 0.417 e. The quantitative estimate of drug-likeness (QED) is 0.647. The first-order valence-corrected chi connectivity index (χ1v) is 12.0. The van der Waals surface area contributed by atoms with Gasteiger partial charge in [0.05, 0.1) is 16.8 Å². The molecule has 2 aliphatic rings. The molecule has 4 heterocycles. The van der Waals surface area contributed by atoms with E-state index in [1.165, 1.54) is 10.5 Å². The van der Waals surface area contributed by atoms with Crippen LogP contribution in [-0.2, 0) is 16.2 Å². The maximum Gasteiger partial charge on any atom is 0.417 e. The lowest BCUT2D eigenvalue weighted by atomic mass is 10.0. The summed E-state index contributed by atoms with van der Waals surface area (Å²) in [5, 5.41) is 3.45. The van der Waals surface area contributed by atoms with Crippen molar-refractivity contribution in [1.29, 1.82) is 0 Å².